The van der Waals surface area contributed by atoms with E-state index in [1.54, 1.807) is 31.5 Å². The van der Waals surface area contributed by atoms with Crippen molar-refractivity contribution in [3.8, 4) is 5.75 Å². The number of hydrogen-bond acceptors (Lipinski definition) is 7. The van der Waals surface area contributed by atoms with E-state index in [0.29, 0.717) is 62.5 Å². The summed E-state index contributed by atoms with van der Waals surface area (Å²) in [5.41, 5.74) is 3.31. The van der Waals surface area contributed by atoms with Gasteiger partial charge in [-0.05, 0) is 67.4 Å². The summed E-state index contributed by atoms with van der Waals surface area (Å²) in [6.07, 6.45) is 5.16. The molecule has 10 heteroatoms. The summed E-state index contributed by atoms with van der Waals surface area (Å²) in [4.78, 5) is 49.8. The van der Waals surface area contributed by atoms with Gasteiger partial charge in [0, 0.05) is 63.8 Å². The number of amides is 3. The highest BCUT2D eigenvalue weighted by atomic mass is 16.5. The molecule has 2 aliphatic heterocycles. The number of carbonyl (C=O) groups is 3. The van der Waals surface area contributed by atoms with Crippen LogP contribution in [-0.2, 0) is 11.2 Å². The van der Waals surface area contributed by atoms with Gasteiger partial charge in [-0.1, -0.05) is 12.1 Å². The number of rotatable bonds is 7. The highest BCUT2D eigenvalue weighted by molar-refractivity contribution is 6.07. The molecule has 0 atom stereocenters. The average Bonchev–Trinajstić information content (AvgIpc) is 3.45. The molecule has 3 heterocycles. The van der Waals surface area contributed by atoms with E-state index in [1.807, 2.05) is 46.2 Å². The molecule has 1 aromatic heterocycles. The zero-order chi connectivity index (χ0) is 29.3. The van der Waals surface area contributed by atoms with Gasteiger partial charge in [-0.3, -0.25) is 19.4 Å². The molecule has 42 heavy (non-hydrogen) atoms. The smallest absolute Gasteiger partial charge is 0.257 e. The Hall–Kier alpha value is -4.44. The second-order valence-electron chi connectivity index (χ2n) is 10.6. The quantitative estimate of drug-likeness (QED) is 0.450. The van der Waals surface area contributed by atoms with Crippen LogP contribution < -0.4 is 20.3 Å². The maximum absolute atomic E-state index is 13.4. The van der Waals surface area contributed by atoms with Crippen molar-refractivity contribution in [1.29, 1.82) is 0 Å². The largest absolute Gasteiger partial charge is 0.497 e. The fraction of sp³-hybridized carbons (Fsp3) is 0.375. The predicted octanol–water partition coefficient (Wildman–Crippen LogP) is 3.06. The van der Waals surface area contributed by atoms with Crippen LogP contribution in [0.15, 0.2) is 67.0 Å². The molecular weight excluding hydrogens is 532 g/mol. The van der Waals surface area contributed by atoms with Gasteiger partial charge >= 0.3 is 0 Å². The third-order valence-corrected chi connectivity index (χ3v) is 7.75. The summed E-state index contributed by atoms with van der Waals surface area (Å²) in [6.45, 7) is 5.53. The second-order valence-corrected chi connectivity index (χ2v) is 10.6. The van der Waals surface area contributed by atoms with Gasteiger partial charge in [0.2, 0.25) is 5.91 Å². The molecule has 3 aromatic rings. The molecule has 10 nitrogen and oxygen atoms in total. The lowest BCUT2D eigenvalue weighted by Crippen LogP contribution is -2.36. The van der Waals surface area contributed by atoms with E-state index >= 15 is 0 Å². The van der Waals surface area contributed by atoms with Gasteiger partial charge in [0.1, 0.15) is 5.75 Å². The molecule has 0 aliphatic carbocycles. The predicted molar refractivity (Wildman–Crippen MR) is 162 cm³/mol. The molecule has 2 aliphatic rings. The second kappa shape index (κ2) is 14.0. The average molecular weight is 571 g/mol. The van der Waals surface area contributed by atoms with Crippen LogP contribution in [0.2, 0.25) is 0 Å². The van der Waals surface area contributed by atoms with Crippen molar-refractivity contribution >= 4 is 29.1 Å². The van der Waals surface area contributed by atoms with Gasteiger partial charge in [-0.15, -0.1) is 0 Å². The highest BCUT2D eigenvalue weighted by Gasteiger charge is 2.24. The van der Waals surface area contributed by atoms with E-state index in [2.05, 4.69) is 20.5 Å². The number of methoxy groups -OCH3 is 1. The third kappa shape index (κ3) is 7.25. The van der Waals surface area contributed by atoms with Crippen LogP contribution in [0.25, 0.3) is 0 Å². The van der Waals surface area contributed by atoms with Crippen LogP contribution >= 0.6 is 0 Å². The van der Waals surface area contributed by atoms with E-state index in [4.69, 9.17) is 4.74 Å². The lowest BCUT2D eigenvalue weighted by atomic mass is 10.1. The zero-order valence-corrected chi connectivity index (χ0v) is 24.1. The van der Waals surface area contributed by atoms with Gasteiger partial charge in [-0.25, -0.2) is 0 Å². The number of pyridine rings is 1. The number of ether oxygens (including phenoxy) is 1. The maximum Gasteiger partial charge on any atom is 0.257 e. The van der Waals surface area contributed by atoms with Gasteiger partial charge in [0.15, 0.2) is 0 Å². The van der Waals surface area contributed by atoms with Gasteiger partial charge in [0.25, 0.3) is 11.8 Å². The van der Waals surface area contributed by atoms with E-state index in [-0.39, 0.29) is 17.7 Å². The molecule has 0 saturated carbocycles. The van der Waals surface area contributed by atoms with Crippen molar-refractivity contribution in [3.63, 3.8) is 0 Å². The first-order chi connectivity index (χ1) is 20.5. The Morgan fingerprint density at radius 2 is 1.71 bits per heavy atom. The van der Waals surface area contributed by atoms with Crippen molar-refractivity contribution in [1.82, 2.24) is 20.1 Å². The van der Waals surface area contributed by atoms with Crippen LogP contribution in [0.5, 0.6) is 5.75 Å². The van der Waals surface area contributed by atoms with Crippen LogP contribution in [0.1, 0.15) is 39.1 Å². The molecule has 220 valence electrons. The SMILES string of the molecule is COc1ccc(CC(=O)N2CCCN(c3ccc(C(=O)N4CCCNCC4)cc3NC(=O)c3cccnc3)CC2)cc1. The van der Waals surface area contributed by atoms with Crippen molar-refractivity contribution in [2.24, 2.45) is 0 Å². The summed E-state index contributed by atoms with van der Waals surface area (Å²) in [7, 11) is 1.62. The molecule has 2 fully saturated rings. The summed E-state index contributed by atoms with van der Waals surface area (Å²) in [5.74, 6) is 0.506. The van der Waals surface area contributed by atoms with Crippen LogP contribution in [-0.4, -0.2) is 92.0 Å². The molecule has 2 N–H and O–H groups in total. The number of benzene rings is 2. The van der Waals surface area contributed by atoms with E-state index in [0.717, 1.165) is 42.9 Å². The fourth-order valence-electron chi connectivity index (χ4n) is 5.41. The van der Waals surface area contributed by atoms with E-state index in [1.165, 1.54) is 6.20 Å². The third-order valence-electron chi connectivity index (χ3n) is 7.75. The van der Waals surface area contributed by atoms with Crippen molar-refractivity contribution in [2.75, 3.05) is 69.7 Å². The number of nitrogens with zero attached hydrogens (tertiary/aromatic N) is 4. The van der Waals surface area contributed by atoms with Crippen molar-refractivity contribution < 1.29 is 19.1 Å². The molecule has 3 amide bonds. The van der Waals surface area contributed by atoms with Gasteiger partial charge < -0.3 is 30.1 Å². The monoisotopic (exact) mass is 570 g/mol. The van der Waals surface area contributed by atoms with Crippen LogP contribution in [0, 0.1) is 0 Å². The maximum atomic E-state index is 13.4. The number of hydrogen-bond donors (Lipinski definition) is 2. The van der Waals surface area contributed by atoms with Crippen LogP contribution in [0.4, 0.5) is 11.4 Å². The van der Waals surface area contributed by atoms with E-state index < -0.39 is 0 Å². The number of nitrogens with one attached hydrogen (secondary N) is 2. The molecular formula is C32H38N6O4. The molecule has 2 saturated heterocycles. The number of carbonyl (C=O) groups excluding carboxylic acids is 3. The molecule has 0 unspecified atom stereocenters. The normalized spacial score (nSPS) is 15.9. The molecule has 2 aromatic carbocycles. The highest BCUT2D eigenvalue weighted by Crippen LogP contribution is 2.30. The Kier molecular flexibility index (Phi) is 9.66. The Morgan fingerprint density at radius 3 is 2.50 bits per heavy atom. The molecule has 5 rings (SSSR count). The first kappa shape index (κ1) is 29.1. The summed E-state index contributed by atoms with van der Waals surface area (Å²) >= 11 is 0. The Morgan fingerprint density at radius 1 is 0.881 bits per heavy atom. The zero-order valence-electron chi connectivity index (χ0n) is 24.1. The minimum Gasteiger partial charge on any atom is -0.497 e. The van der Waals surface area contributed by atoms with Gasteiger partial charge in [-0.2, -0.15) is 0 Å². The fourth-order valence-corrected chi connectivity index (χ4v) is 5.41. The Bertz CT molecular complexity index is 1370. The minimum absolute atomic E-state index is 0.0479. The first-order valence-electron chi connectivity index (χ1n) is 14.5. The first-order valence-corrected chi connectivity index (χ1v) is 14.5. The molecule has 0 bridgehead atoms. The molecule has 0 spiro atoms. The van der Waals surface area contributed by atoms with Crippen molar-refractivity contribution in [2.45, 2.75) is 19.3 Å². The topological polar surface area (TPSA) is 107 Å². The minimum atomic E-state index is -0.293. The van der Waals surface area contributed by atoms with Crippen LogP contribution in [0.3, 0.4) is 0 Å². The summed E-state index contributed by atoms with van der Waals surface area (Å²) in [5, 5.41) is 6.37. The number of anilines is 2. The summed E-state index contributed by atoms with van der Waals surface area (Å²) in [6, 6.07) is 16.5. The Balaban J connectivity index is 1.33. The van der Waals surface area contributed by atoms with Crippen molar-refractivity contribution in [3.05, 3.63) is 83.7 Å². The van der Waals surface area contributed by atoms with Gasteiger partial charge in [0.05, 0.1) is 30.5 Å². The lowest BCUT2D eigenvalue weighted by molar-refractivity contribution is -0.130. The molecule has 0 radical (unpaired) electrons. The summed E-state index contributed by atoms with van der Waals surface area (Å²) < 4.78 is 5.22. The lowest BCUT2D eigenvalue weighted by Gasteiger charge is -2.27. The van der Waals surface area contributed by atoms with E-state index in [9.17, 15) is 14.4 Å². The number of aromatic nitrogens is 1. The Labute approximate surface area is 246 Å². The standard InChI is InChI=1S/C32H38N6O4/c1-42-27-9-6-24(7-10-27)21-30(39)37-17-4-16-36(19-20-37)29-11-8-25(32(41)38-15-3-13-33-14-18-38)22-28(29)35-31(40)26-5-2-12-34-23-26/h2,5-12,22-23,33H,3-4,13-21H2,1H3,(H,35,40).